The highest BCUT2D eigenvalue weighted by Gasteiger charge is 2.52. The van der Waals surface area contributed by atoms with Crippen molar-refractivity contribution in [1.82, 2.24) is 10.2 Å². The number of hydrogen-bond donors (Lipinski definition) is 1. The number of piperidine rings is 1. The molecule has 0 spiro atoms. The molecule has 4 atom stereocenters. The number of nitrogens with zero attached hydrogens (tertiary/aromatic N) is 2. The van der Waals surface area contributed by atoms with E-state index in [1.165, 1.54) is 29.2 Å². The number of hydrogen-bond acceptors (Lipinski definition) is 7. The summed E-state index contributed by atoms with van der Waals surface area (Å²) in [5, 5.41) is 12.4. The van der Waals surface area contributed by atoms with E-state index in [1.54, 1.807) is 20.8 Å². The first-order valence-electron chi connectivity index (χ1n) is 13.9. The van der Waals surface area contributed by atoms with Crippen LogP contribution < -0.4 is 10.1 Å². The van der Waals surface area contributed by atoms with Gasteiger partial charge < -0.3 is 14.8 Å². The van der Waals surface area contributed by atoms with Crippen molar-refractivity contribution in [2.45, 2.75) is 81.3 Å². The van der Waals surface area contributed by atoms with Crippen molar-refractivity contribution >= 4 is 21.8 Å². The van der Waals surface area contributed by atoms with Gasteiger partial charge in [-0.1, -0.05) is 12.1 Å². The third-order valence-electron chi connectivity index (χ3n) is 7.45. The van der Waals surface area contributed by atoms with E-state index in [0.717, 1.165) is 31.2 Å². The van der Waals surface area contributed by atoms with Gasteiger partial charge in [-0.2, -0.15) is 18.4 Å². The number of nitrogens with one attached hydrogen (secondary N) is 1. The molecule has 0 unspecified atom stereocenters. The van der Waals surface area contributed by atoms with Gasteiger partial charge in [-0.05, 0) is 86.9 Å². The molecule has 44 heavy (non-hydrogen) atoms. The van der Waals surface area contributed by atoms with Crippen LogP contribution in [-0.4, -0.2) is 68.1 Å². The van der Waals surface area contributed by atoms with Gasteiger partial charge in [0.2, 0.25) is 5.91 Å². The van der Waals surface area contributed by atoms with Crippen molar-refractivity contribution < 1.29 is 45.0 Å². The number of carbonyl (C=O) groups is 2. The molecule has 2 aromatic rings. The third-order valence-corrected chi connectivity index (χ3v) is 8.54. The van der Waals surface area contributed by atoms with Gasteiger partial charge in [0, 0.05) is 18.7 Å². The molecule has 2 fully saturated rings. The largest absolute Gasteiger partial charge is 0.484 e. The number of sulfone groups is 1. The molecule has 1 aliphatic carbocycles. The van der Waals surface area contributed by atoms with Crippen LogP contribution in [0.15, 0.2) is 41.3 Å². The maximum absolute atomic E-state index is 15.3. The second kappa shape index (κ2) is 12.3. The zero-order chi connectivity index (χ0) is 32.6. The van der Waals surface area contributed by atoms with E-state index in [-0.39, 0.29) is 45.7 Å². The van der Waals surface area contributed by atoms with Gasteiger partial charge >= 0.3 is 12.3 Å². The first-order valence-corrected chi connectivity index (χ1v) is 15.8. The summed E-state index contributed by atoms with van der Waals surface area (Å²) < 4.78 is 87.9. The fraction of sp³-hybridized carbons (Fsp3) is 0.500. The Balaban J connectivity index is 1.51. The Morgan fingerprint density at radius 2 is 1.82 bits per heavy atom. The highest BCUT2D eigenvalue weighted by Crippen LogP contribution is 2.43. The number of nitriles is 1. The lowest BCUT2D eigenvalue weighted by Gasteiger charge is -2.35. The van der Waals surface area contributed by atoms with Gasteiger partial charge in [0.1, 0.15) is 29.3 Å². The van der Waals surface area contributed by atoms with Crippen molar-refractivity contribution in [3.8, 4) is 22.9 Å². The summed E-state index contributed by atoms with van der Waals surface area (Å²) in [6.45, 7) is 3.53. The molecule has 4 rings (SSSR count). The Labute approximate surface area is 253 Å². The standard InChI is InChI=1S/C30H33F4N3O6S/c1-29(2,3)43-28(39)37-22-8-7-19(10-22)26(37)27(38)36-21(15-35)9-18-6-5-17(13-25(18)31)20-11-23(42-16-30(32,33)34)14-24(12-20)44(4,40)41/h5-6,11-14,19,21-22,26H,7-10,16H2,1-4H3,(H,36,38)/t19-,21-,22+,26-/m0/s1. The van der Waals surface area contributed by atoms with Gasteiger partial charge in [-0.3, -0.25) is 9.69 Å². The van der Waals surface area contributed by atoms with Crippen molar-refractivity contribution in [2.75, 3.05) is 12.9 Å². The van der Waals surface area contributed by atoms with Crippen LogP contribution >= 0.6 is 0 Å². The molecule has 2 amide bonds. The molecule has 238 valence electrons. The van der Waals surface area contributed by atoms with Crippen LogP contribution in [0.3, 0.4) is 0 Å². The summed E-state index contributed by atoms with van der Waals surface area (Å²) in [7, 11) is -3.85. The number of halogens is 4. The topological polar surface area (TPSA) is 126 Å². The minimum atomic E-state index is -4.66. The summed E-state index contributed by atoms with van der Waals surface area (Å²) in [5.41, 5.74) is -0.450. The molecule has 1 heterocycles. The van der Waals surface area contributed by atoms with Gasteiger partial charge in [0.05, 0.1) is 11.0 Å². The van der Waals surface area contributed by atoms with Crippen LogP contribution in [0.1, 0.15) is 45.6 Å². The maximum Gasteiger partial charge on any atom is 0.422 e. The van der Waals surface area contributed by atoms with Crippen LogP contribution in [0.2, 0.25) is 0 Å². The molecule has 1 aliphatic heterocycles. The molecule has 2 aromatic carbocycles. The first kappa shape index (κ1) is 33.0. The maximum atomic E-state index is 15.3. The number of likely N-dealkylation sites (tertiary alicyclic amines) is 1. The summed E-state index contributed by atoms with van der Waals surface area (Å²) in [6, 6.07) is 6.98. The molecule has 1 saturated heterocycles. The summed E-state index contributed by atoms with van der Waals surface area (Å²) in [6.07, 6.45) is -2.46. The lowest BCUT2D eigenvalue weighted by Crippen LogP contribution is -2.55. The molecule has 0 radical (unpaired) electrons. The predicted octanol–water partition coefficient (Wildman–Crippen LogP) is 5.18. The third kappa shape index (κ3) is 7.99. The minimum Gasteiger partial charge on any atom is -0.484 e. The van der Waals surface area contributed by atoms with E-state index in [2.05, 4.69) is 5.32 Å². The van der Waals surface area contributed by atoms with E-state index < -0.39 is 58.1 Å². The fourth-order valence-electron chi connectivity index (χ4n) is 5.60. The minimum absolute atomic E-state index is 0.0605. The van der Waals surface area contributed by atoms with Gasteiger partial charge in [-0.15, -0.1) is 0 Å². The SMILES string of the molecule is CC(C)(C)OC(=O)N1[C@@H]2CC[C@@H](C2)[C@H]1C(=O)N[C@H](C#N)Cc1ccc(-c2cc(OCC(F)(F)F)cc(S(C)(=O)=O)c2)cc1F. The number of rotatable bonds is 8. The second-order valence-corrected chi connectivity index (χ2v) is 14.1. The lowest BCUT2D eigenvalue weighted by atomic mass is 9.97. The average Bonchev–Trinajstić information content (AvgIpc) is 3.53. The zero-order valence-electron chi connectivity index (χ0n) is 24.6. The molecule has 2 bridgehead atoms. The molecule has 0 aromatic heterocycles. The smallest absolute Gasteiger partial charge is 0.422 e. The van der Waals surface area contributed by atoms with Gasteiger partial charge in [0.15, 0.2) is 16.4 Å². The predicted molar refractivity (Wildman–Crippen MR) is 151 cm³/mol. The quantitative estimate of drug-likeness (QED) is 0.395. The van der Waals surface area contributed by atoms with Crippen LogP contribution in [0, 0.1) is 23.1 Å². The zero-order valence-corrected chi connectivity index (χ0v) is 25.4. The fourth-order valence-corrected chi connectivity index (χ4v) is 6.27. The number of amides is 2. The lowest BCUT2D eigenvalue weighted by molar-refractivity contribution is -0.153. The van der Waals surface area contributed by atoms with Crippen LogP contribution in [0.4, 0.5) is 22.4 Å². The van der Waals surface area contributed by atoms with E-state index >= 15 is 4.39 Å². The molecule has 9 nitrogen and oxygen atoms in total. The monoisotopic (exact) mass is 639 g/mol. The van der Waals surface area contributed by atoms with Crippen molar-refractivity contribution in [1.29, 1.82) is 5.26 Å². The highest BCUT2D eigenvalue weighted by molar-refractivity contribution is 7.90. The van der Waals surface area contributed by atoms with E-state index in [0.29, 0.717) is 6.42 Å². The average molecular weight is 640 g/mol. The van der Waals surface area contributed by atoms with Crippen LogP contribution in [0.25, 0.3) is 11.1 Å². The molecule has 2 aliphatic rings. The Morgan fingerprint density at radius 3 is 2.41 bits per heavy atom. The number of ether oxygens (including phenoxy) is 2. The molecule has 1 N–H and O–H groups in total. The molecular formula is C30H33F4N3O6S. The first-order chi connectivity index (χ1) is 20.3. The Morgan fingerprint density at radius 1 is 1.11 bits per heavy atom. The molecular weight excluding hydrogens is 606 g/mol. The number of alkyl halides is 3. The Bertz CT molecular complexity index is 1580. The highest BCUT2D eigenvalue weighted by atomic mass is 32.2. The number of benzene rings is 2. The van der Waals surface area contributed by atoms with Crippen LogP contribution in [0.5, 0.6) is 5.75 Å². The van der Waals surface area contributed by atoms with Crippen molar-refractivity contribution in [2.24, 2.45) is 5.92 Å². The van der Waals surface area contributed by atoms with E-state index in [9.17, 15) is 36.4 Å². The number of carbonyl (C=O) groups excluding carboxylic acids is 2. The van der Waals surface area contributed by atoms with Crippen molar-refractivity contribution in [3.05, 3.63) is 47.8 Å². The number of fused-ring (bicyclic) bond motifs is 2. The molecule has 14 heteroatoms. The van der Waals surface area contributed by atoms with Crippen LogP contribution in [-0.2, 0) is 25.8 Å². The Kier molecular flexibility index (Phi) is 9.21. The summed E-state index contributed by atoms with van der Waals surface area (Å²) in [4.78, 5) is 27.3. The van der Waals surface area contributed by atoms with Crippen molar-refractivity contribution in [3.63, 3.8) is 0 Å². The second-order valence-electron chi connectivity index (χ2n) is 12.1. The van der Waals surface area contributed by atoms with Gasteiger partial charge in [0.25, 0.3) is 0 Å². The Hall–Kier alpha value is -3.86. The van der Waals surface area contributed by atoms with Gasteiger partial charge in [-0.25, -0.2) is 17.6 Å². The van der Waals surface area contributed by atoms with E-state index in [4.69, 9.17) is 9.47 Å². The molecule has 1 saturated carbocycles. The normalized spacial score (nSPS) is 20.6. The summed E-state index contributed by atoms with van der Waals surface area (Å²) in [5.74, 6) is -1.76. The van der Waals surface area contributed by atoms with E-state index in [1.807, 2.05) is 6.07 Å². The summed E-state index contributed by atoms with van der Waals surface area (Å²) >= 11 is 0.